The van der Waals surface area contributed by atoms with Crippen molar-refractivity contribution < 1.29 is 4.39 Å². The fraction of sp³-hybridized carbons (Fsp3) is 0.0741. The number of aromatic nitrogens is 3. The van der Waals surface area contributed by atoms with Crippen molar-refractivity contribution in [1.82, 2.24) is 15.0 Å². The van der Waals surface area contributed by atoms with E-state index in [1.807, 2.05) is 36.4 Å². The van der Waals surface area contributed by atoms with Gasteiger partial charge in [-0.3, -0.25) is 4.98 Å². The molecule has 0 unspecified atom stereocenters. The lowest BCUT2D eigenvalue weighted by Crippen LogP contribution is -2.16. The molecule has 0 radical (unpaired) electrons. The van der Waals surface area contributed by atoms with E-state index in [0.29, 0.717) is 10.8 Å². The Morgan fingerprint density at radius 2 is 1.70 bits per heavy atom. The van der Waals surface area contributed by atoms with E-state index >= 15 is 0 Å². The predicted molar refractivity (Wildman–Crippen MR) is 130 cm³/mol. The maximum Gasteiger partial charge on any atom is 0.163 e. The van der Waals surface area contributed by atoms with Crippen molar-refractivity contribution in [2.45, 2.75) is 6.42 Å². The second kappa shape index (κ2) is 7.94. The van der Waals surface area contributed by atoms with E-state index in [4.69, 9.17) is 21.6 Å². The van der Waals surface area contributed by atoms with E-state index in [1.54, 1.807) is 24.5 Å². The minimum atomic E-state index is -0.254. The molecule has 33 heavy (non-hydrogen) atoms. The smallest absolute Gasteiger partial charge is 0.163 e. The van der Waals surface area contributed by atoms with E-state index in [2.05, 4.69) is 22.0 Å². The summed E-state index contributed by atoms with van der Waals surface area (Å²) in [5.41, 5.74) is 5.90. The highest BCUT2D eigenvalue weighted by Gasteiger charge is 2.25. The number of fused-ring (bicyclic) bond motifs is 2. The Morgan fingerprint density at radius 3 is 2.52 bits per heavy atom. The van der Waals surface area contributed by atoms with Crippen LogP contribution in [0.15, 0.2) is 85.2 Å². The average molecular weight is 453 g/mol. The predicted octanol–water partition coefficient (Wildman–Crippen LogP) is 6.85. The van der Waals surface area contributed by atoms with Gasteiger partial charge in [0.2, 0.25) is 0 Å². The number of nitrogens with zero attached hydrogens (tertiary/aromatic N) is 4. The van der Waals surface area contributed by atoms with Crippen LogP contribution < -0.4 is 4.90 Å². The van der Waals surface area contributed by atoms with Crippen molar-refractivity contribution in [3.63, 3.8) is 0 Å². The Balaban J connectivity index is 1.58. The number of halogens is 2. The van der Waals surface area contributed by atoms with Gasteiger partial charge in [0.25, 0.3) is 0 Å². The molecule has 0 aliphatic carbocycles. The molecule has 3 heterocycles. The molecule has 0 atom stereocenters. The van der Waals surface area contributed by atoms with Gasteiger partial charge in [0.1, 0.15) is 11.6 Å². The average Bonchev–Trinajstić information content (AvgIpc) is 3.27. The summed E-state index contributed by atoms with van der Waals surface area (Å²) < 4.78 is 13.5. The first-order valence-corrected chi connectivity index (χ1v) is 11.1. The molecule has 0 N–H and O–H groups in total. The van der Waals surface area contributed by atoms with Crippen molar-refractivity contribution in [3.05, 3.63) is 102 Å². The van der Waals surface area contributed by atoms with Crippen LogP contribution in [0.25, 0.3) is 33.4 Å². The quantitative estimate of drug-likeness (QED) is 0.300. The molecule has 2 aromatic heterocycles. The zero-order valence-corrected chi connectivity index (χ0v) is 18.3. The summed E-state index contributed by atoms with van der Waals surface area (Å²) in [5.74, 6) is 1.19. The Hall–Kier alpha value is -3.83. The molecule has 0 bridgehead atoms. The number of rotatable bonds is 3. The van der Waals surface area contributed by atoms with E-state index in [9.17, 15) is 4.39 Å². The van der Waals surface area contributed by atoms with Crippen molar-refractivity contribution in [2.24, 2.45) is 0 Å². The van der Waals surface area contributed by atoms with Crippen LogP contribution in [-0.4, -0.2) is 21.5 Å². The SMILES string of the molecule is Fc1ccc(-c2ccc3nc(-c4cccnc4)nc(N4CCc5ccc(Cl)cc54)c3c2)cc1. The van der Waals surface area contributed by atoms with Crippen LogP contribution in [-0.2, 0) is 6.42 Å². The van der Waals surface area contributed by atoms with Crippen molar-refractivity contribution in [2.75, 3.05) is 11.4 Å². The number of hydrogen-bond acceptors (Lipinski definition) is 4. The van der Waals surface area contributed by atoms with Crippen LogP contribution >= 0.6 is 11.6 Å². The molecule has 5 aromatic rings. The molecule has 6 rings (SSSR count). The van der Waals surface area contributed by atoms with Crippen LogP contribution in [0.4, 0.5) is 15.9 Å². The topological polar surface area (TPSA) is 41.9 Å². The molecule has 1 aliphatic rings. The lowest BCUT2D eigenvalue weighted by molar-refractivity contribution is 0.628. The minimum Gasteiger partial charge on any atom is -0.325 e. The lowest BCUT2D eigenvalue weighted by Gasteiger charge is -2.21. The van der Waals surface area contributed by atoms with Gasteiger partial charge in [-0.15, -0.1) is 0 Å². The Morgan fingerprint density at radius 1 is 0.848 bits per heavy atom. The summed E-state index contributed by atoms with van der Waals surface area (Å²) in [4.78, 5) is 16.3. The first-order chi connectivity index (χ1) is 16.2. The van der Waals surface area contributed by atoms with Crippen LogP contribution in [0.5, 0.6) is 0 Å². The molecule has 160 valence electrons. The summed E-state index contributed by atoms with van der Waals surface area (Å²) >= 11 is 6.34. The summed E-state index contributed by atoms with van der Waals surface area (Å²) in [7, 11) is 0. The van der Waals surface area contributed by atoms with E-state index in [-0.39, 0.29) is 5.82 Å². The first kappa shape index (κ1) is 19.8. The third-order valence-electron chi connectivity index (χ3n) is 5.97. The van der Waals surface area contributed by atoms with Crippen molar-refractivity contribution >= 4 is 34.0 Å². The molecule has 0 spiro atoms. The Bertz CT molecular complexity index is 1490. The third-order valence-corrected chi connectivity index (χ3v) is 6.21. The lowest BCUT2D eigenvalue weighted by atomic mass is 10.0. The molecular formula is C27H18ClFN4. The zero-order chi connectivity index (χ0) is 22.4. The maximum atomic E-state index is 13.5. The summed E-state index contributed by atoms with van der Waals surface area (Å²) in [6.45, 7) is 0.801. The van der Waals surface area contributed by atoms with Gasteiger partial charge in [-0.2, -0.15) is 0 Å². The summed E-state index contributed by atoms with van der Waals surface area (Å²) in [6, 6.07) is 22.4. The molecular weight excluding hydrogens is 435 g/mol. The van der Waals surface area contributed by atoms with Crippen molar-refractivity contribution in [3.8, 4) is 22.5 Å². The molecule has 3 aromatic carbocycles. The molecule has 0 fully saturated rings. The van der Waals surface area contributed by atoms with Gasteiger partial charge in [-0.05, 0) is 71.6 Å². The van der Waals surface area contributed by atoms with E-state index in [1.165, 1.54) is 17.7 Å². The van der Waals surface area contributed by atoms with Crippen LogP contribution in [0.2, 0.25) is 5.02 Å². The summed E-state index contributed by atoms with van der Waals surface area (Å²) in [5, 5.41) is 1.62. The number of anilines is 2. The molecule has 4 nitrogen and oxygen atoms in total. The summed E-state index contributed by atoms with van der Waals surface area (Å²) in [6.07, 6.45) is 4.42. The second-order valence-electron chi connectivity index (χ2n) is 8.03. The molecule has 0 saturated carbocycles. The number of benzene rings is 3. The van der Waals surface area contributed by atoms with Crippen LogP contribution in [0, 0.1) is 5.82 Å². The van der Waals surface area contributed by atoms with Gasteiger partial charge in [0, 0.05) is 40.6 Å². The molecule has 0 amide bonds. The monoisotopic (exact) mass is 452 g/mol. The Kier molecular flexibility index (Phi) is 4.77. The van der Waals surface area contributed by atoms with Crippen molar-refractivity contribution in [1.29, 1.82) is 0 Å². The highest BCUT2D eigenvalue weighted by molar-refractivity contribution is 6.31. The normalized spacial score (nSPS) is 12.8. The number of hydrogen-bond donors (Lipinski definition) is 0. The highest BCUT2D eigenvalue weighted by atomic mass is 35.5. The zero-order valence-electron chi connectivity index (χ0n) is 17.5. The van der Waals surface area contributed by atoms with Gasteiger partial charge in [0.15, 0.2) is 5.82 Å². The second-order valence-corrected chi connectivity index (χ2v) is 8.46. The first-order valence-electron chi connectivity index (χ1n) is 10.7. The third kappa shape index (κ3) is 3.60. The standard InChI is InChI=1S/C27H18ClFN4/c28-21-7-3-18-11-13-33(25(18)15-21)27-23-14-19(17-4-8-22(29)9-5-17)6-10-24(23)31-26(32-27)20-2-1-12-30-16-20/h1-10,12,14-16H,11,13H2. The van der Waals surface area contributed by atoms with E-state index in [0.717, 1.165) is 52.1 Å². The molecule has 0 saturated heterocycles. The molecule has 6 heteroatoms. The maximum absolute atomic E-state index is 13.5. The number of pyridine rings is 1. The largest absolute Gasteiger partial charge is 0.325 e. The van der Waals surface area contributed by atoms with Gasteiger partial charge >= 0.3 is 0 Å². The molecule has 1 aliphatic heterocycles. The highest BCUT2D eigenvalue weighted by Crippen LogP contribution is 2.40. The fourth-order valence-corrected chi connectivity index (χ4v) is 4.50. The van der Waals surface area contributed by atoms with Crippen LogP contribution in [0.1, 0.15) is 5.56 Å². The van der Waals surface area contributed by atoms with Gasteiger partial charge in [-0.1, -0.05) is 35.9 Å². The minimum absolute atomic E-state index is 0.254. The van der Waals surface area contributed by atoms with Gasteiger partial charge in [-0.25, -0.2) is 14.4 Å². The van der Waals surface area contributed by atoms with Gasteiger partial charge < -0.3 is 4.90 Å². The van der Waals surface area contributed by atoms with E-state index < -0.39 is 0 Å². The van der Waals surface area contributed by atoms with Crippen LogP contribution in [0.3, 0.4) is 0 Å². The Labute approximate surface area is 195 Å². The van der Waals surface area contributed by atoms with Gasteiger partial charge in [0.05, 0.1) is 5.52 Å². The fourth-order valence-electron chi connectivity index (χ4n) is 4.34.